The summed E-state index contributed by atoms with van der Waals surface area (Å²) in [5.41, 5.74) is -4.11. The van der Waals surface area contributed by atoms with Crippen molar-refractivity contribution in [1.29, 1.82) is 0 Å². The van der Waals surface area contributed by atoms with Crippen molar-refractivity contribution in [3.05, 3.63) is 41.6 Å². The van der Waals surface area contributed by atoms with Gasteiger partial charge in [-0.2, -0.15) is 13.2 Å². The van der Waals surface area contributed by atoms with Crippen LogP contribution in [0.15, 0.2) is 30.4 Å². The van der Waals surface area contributed by atoms with Crippen molar-refractivity contribution in [2.45, 2.75) is 127 Å². The first kappa shape index (κ1) is 44.8. The van der Waals surface area contributed by atoms with Crippen LogP contribution in [0.4, 0.5) is 13.2 Å². The third-order valence-electron chi connectivity index (χ3n) is 13.0. The smallest absolute Gasteiger partial charge is 0.437 e. The fourth-order valence-corrected chi connectivity index (χ4v) is 10.9. The third kappa shape index (κ3) is 9.14. The topological polar surface area (TPSA) is 167 Å². The minimum atomic E-state index is -4.92. The molecule has 1 saturated heterocycles. The van der Waals surface area contributed by atoms with Crippen LogP contribution in [0.2, 0.25) is 0 Å². The van der Waals surface area contributed by atoms with Gasteiger partial charge in [-0.1, -0.05) is 45.8 Å². The third-order valence-corrected chi connectivity index (χ3v) is 15.2. The van der Waals surface area contributed by atoms with Crippen molar-refractivity contribution >= 4 is 44.5 Å². The monoisotopic (exact) mass is 875 g/mol. The quantitative estimate of drug-likeness (QED) is 0.212. The molecule has 2 aromatic rings. The van der Waals surface area contributed by atoms with Crippen molar-refractivity contribution in [2.24, 2.45) is 22.7 Å². The Bertz CT molecular complexity index is 2220. The largest absolute Gasteiger partial charge is 0.497 e. The molecular weight excluding hydrogens is 820 g/mol. The second-order valence-electron chi connectivity index (χ2n) is 19.0. The fourth-order valence-electron chi connectivity index (χ4n) is 9.29. The van der Waals surface area contributed by atoms with E-state index in [4.69, 9.17) is 18.9 Å². The first-order valence-electron chi connectivity index (χ1n) is 21.1. The maximum Gasteiger partial charge on any atom is 0.437 e. The molecule has 2 amide bonds. The maximum absolute atomic E-state index is 14.9. The molecule has 1 spiro atoms. The summed E-state index contributed by atoms with van der Waals surface area (Å²) in [6.45, 7) is 5.46. The predicted octanol–water partition coefficient (Wildman–Crippen LogP) is 6.63. The van der Waals surface area contributed by atoms with Crippen LogP contribution in [0.5, 0.6) is 11.5 Å². The number of hydrogen-bond donors (Lipinski definition) is 1. The molecule has 2 saturated carbocycles. The highest BCUT2D eigenvalue weighted by Crippen LogP contribution is 2.58. The van der Waals surface area contributed by atoms with E-state index < -0.39 is 91.3 Å². The number of nitrogens with one attached hydrogen (secondary N) is 1. The number of alkyl halides is 3. The van der Waals surface area contributed by atoms with Crippen molar-refractivity contribution in [1.82, 2.24) is 14.6 Å². The Morgan fingerprint density at radius 1 is 1.05 bits per heavy atom. The number of Topliss-reactive ketones (excluding diaryl/α,β-unsaturated/α-hetero) is 1. The number of aryl methyl sites for hydroxylation is 1. The van der Waals surface area contributed by atoms with Gasteiger partial charge in [-0.3, -0.25) is 23.9 Å². The number of carbonyl (C=O) groups excluding carboxylic acids is 4. The molecule has 4 heterocycles. The molecule has 5 atom stereocenters. The van der Waals surface area contributed by atoms with E-state index in [1.807, 2.05) is 32.9 Å². The summed E-state index contributed by atoms with van der Waals surface area (Å²) >= 11 is 0. The van der Waals surface area contributed by atoms with Gasteiger partial charge in [-0.25, -0.2) is 13.4 Å². The number of carbonyl (C=O) groups is 4. The highest BCUT2D eigenvalue weighted by Gasteiger charge is 2.64. The highest BCUT2D eigenvalue weighted by molar-refractivity contribution is 7.91. The molecule has 1 aromatic heterocycles. The van der Waals surface area contributed by atoms with Crippen LogP contribution < -0.4 is 14.2 Å². The number of rotatable bonds is 9. The Hall–Kier alpha value is -4.25. The number of benzene rings is 1. The number of nitrogens with zero attached hydrogens (tertiary/aromatic N) is 2. The van der Waals surface area contributed by atoms with Gasteiger partial charge in [0.05, 0.1) is 50.3 Å². The number of pyridine rings is 1. The number of halogens is 3. The second kappa shape index (κ2) is 16.5. The van der Waals surface area contributed by atoms with Crippen LogP contribution in [0.1, 0.15) is 109 Å². The van der Waals surface area contributed by atoms with Crippen LogP contribution in [0.25, 0.3) is 10.9 Å². The first-order valence-corrected chi connectivity index (χ1v) is 22.6. The zero-order valence-corrected chi connectivity index (χ0v) is 36.3. The Morgan fingerprint density at radius 2 is 1.80 bits per heavy atom. The van der Waals surface area contributed by atoms with Gasteiger partial charge in [0.2, 0.25) is 21.8 Å². The highest BCUT2D eigenvalue weighted by atomic mass is 32.2. The van der Waals surface area contributed by atoms with E-state index in [2.05, 4.69) is 9.71 Å². The minimum absolute atomic E-state index is 0.0936. The number of fused-ring (bicyclic) bond motifs is 5. The second-order valence-corrected chi connectivity index (χ2v) is 21.0. The summed E-state index contributed by atoms with van der Waals surface area (Å²) < 4.78 is 95.1. The Labute approximate surface area is 354 Å². The van der Waals surface area contributed by atoms with Crippen LogP contribution in [-0.2, 0) is 51.3 Å². The van der Waals surface area contributed by atoms with E-state index in [9.17, 15) is 40.8 Å². The van der Waals surface area contributed by atoms with E-state index in [-0.39, 0.29) is 68.4 Å². The number of hydrogen-bond acceptors (Lipinski definition) is 11. The molecule has 0 radical (unpaired) electrons. The summed E-state index contributed by atoms with van der Waals surface area (Å²) in [6, 6.07) is 3.31. The summed E-state index contributed by atoms with van der Waals surface area (Å²) in [4.78, 5) is 62.5. The molecule has 5 aliphatic rings. The van der Waals surface area contributed by atoms with Crippen LogP contribution >= 0.6 is 0 Å². The number of ether oxygens (including phenoxy) is 4. The molecule has 17 heteroatoms. The number of esters is 1. The molecule has 7 rings (SSSR count). The van der Waals surface area contributed by atoms with Crippen LogP contribution in [-0.4, -0.2) is 92.2 Å². The van der Waals surface area contributed by atoms with Crippen LogP contribution in [0.3, 0.4) is 0 Å². The Morgan fingerprint density at radius 3 is 2.48 bits per heavy atom. The number of aromatic nitrogens is 1. The molecule has 13 nitrogen and oxygen atoms in total. The minimum Gasteiger partial charge on any atom is -0.497 e. The lowest BCUT2D eigenvalue weighted by Gasteiger charge is -2.37. The molecule has 1 aromatic carbocycles. The van der Waals surface area contributed by atoms with Gasteiger partial charge in [-0.15, -0.1) is 0 Å². The zero-order chi connectivity index (χ0) is 44.2. The summed E-state index contributed by atoms with van der Waals surface area (Å²) in [7, 11) is -1.37. The average Bonchev–Trinajstić information content (AvgIpc) is 4.10. The first-order chi connectivity index (χ1) is 28.7. The number of ketones is 1. The van der Waals surface area contributed by atoms with E-state index in [0.29, 0.717) is 49.7 Å². The SMILES string of the molecule is COCC1(S(=O)(=O)NC(=O)[C@]23CC(=O)[C@@H]4C[C@]5(CCc6c(c(C(F)(F)F)nc7ccc(OC)cc67)O5)CN4C(=O)[C@@H](CC(=O)OCC(C)(C)C)CCCCC/C=C\[C@@H]2C3)CC1. The summed E-state index contributed by atoms with van der Waals surface area (Å²) in [6.07, 6.45) is 1.96. The molecular formula is C44H56F3N3O10S. The lowest BCUT2D eigenvalue weighted by molar-refractivity contribution is -0.152. The van der Waals surface area contributed by atoms with Gasteiger partial charge >= 0.3 is 12.1 Å². The van der Waals surface area contributed by atoms with E-state index in [1.165, 1.54) is 31.3 Å². The van der Waals surface area contributed by atoms with Gasteiger partial charge in [0.15, 0.2) is 17.2 Å². The zero-order valence-electron chi connectivity index (χ0n) is 35.5. The molecule has 0 bridgehead atoms. The standard InChI is InChI=1S/C44H56F3N3O10S/c1-40(2,3)25-59-35(52)19-27-11-9-7-6-8-10-12-28-21-43(28,39(54)49-61(55,56)42(17-18-42)26-57-4)23-34(51)33-22-41(24-50(33)38(27)53)16-15-30-31-20-29(58-5)13-14-32(31)48-37(36(30)60-41)44(45,46)47/h10,12-14,20,27-28,33H,6-9,11,15-19,21-26H2,1-5H3,(H,49,54)/b12-10-/t27-,28-,33+,41-,43-/m1/s1. The van der Waals surface area contributed by atoms with E-state index in [1.54, 1.807) is 6.07 Å². The number of sulfonamides is 1. The summed E-state index contributed by atoms with van der Waals surface area (Å²) in [5.74, 6) is -3.95. The van der Waals surface area contributed by atoms with Crippen molar-refractivity contribution < 1.29 is 59.7 Å². The molecule has 0 unspecified atom stereocenters. The van der Waals surface area contributed by atoms with Crippen molar-refractivity contribution in [2.75, 3.05) is 34.0 Å². The van der Waals surface area contributed by atoms with Gasteiger partial charge in [-0.05, 0) is 80.9 Å². The predicted molar refractivity (Wildman–Crippen MR) is 217 cm³/mol. The van der Waals surface area contributed by atoms with E-state index >= 15 is 0 Å². The number of methoxy groups -OCH3 is 2. The van der Waals surface area contributed by atoms with Gasteiger partial charge < -0.3 is 23.8 Å². The van der Waals surface area contributed by atoms with Crippen molar-refractivity contribution in [3.63, 3.8) is 0 Å². The normalized spacial score (nSPS) is 28.4. The number of allylic oxidation sites excluding steroid dienone is 2. The van der Waals surface area contributed by atoms with Gasteiger partial charge in [0, 0.05) is 36.8 Å². The average molecular weight is 876 g/mol. The molecule has 334 valence electrons. The maximum atomic E-state index is 14.9. The summed E-state index contributed by atoms with van der Waals surface area (Å²) in [5, 5.41) is 0.417. The number of amides is 2. The molecule has 61 heavy (non-hydrogen) atoms. The fraction of sp³-hybridized carbons (Fsp3) is 0.659. The van der Waals surface area contributed by atoms with Crippen LogP contribution in [0, 0.1) is 22.7 Å². The Balaban J connectivity index is 1.26. The van der Waals surface area contributed by atoms with Crippen molar-refractivity contribution in [3.8, 4) is 11.5 Å². The van der Waals surface area contributed by atoms with Gasteiger partial charge in [0.25, 0.3) is 0 Å². The molecule has 3 fully saturated rings. The van der Waals surface area contributed by atoms with Gasteiger partial charge in [0.1, 0.15) is 16.1 Å². The lowest BCUT2D eigenvalue weighted by Crippen LogP contribution is -2.48. The lowest BCUT2D eigenvalue weighted by atomic mass is 9.85. The van der Waals surface area contributed by atoms with E-state index in [0.717, 1.165) is 6.42 Å². The Kier molecular flexibility index (Phi) is 12.1. The molecule has 2 aliphatic carbocycles. The molecule has 1 N–H and O–H groups in total. The molecule has 3 aliphatic heterocycles.